The van der Waals surface area contributed by atoms with Crippen molar-refractivity contribution >= 4 is 0 Å². The van der Waals surface area contributed by atoms with Crippen LogP contribution in [0.3, 0.4) is 0 Å². The quantitative estimate of drug-likeness (QED) is 0.828. The molecule has 0 aromatic carbocycles. The second kappa shape index (κ2) is 6.85. The normalized spacial score (nSPS) is 22.0. The van der Waals surface area contributed by atoms with Gasteiger partial charge in [0.1, 0.15) is 12.2 Å². The van der Waals surface area contributed by atoms with Crippen LogP contribution in [0.4, 0.5) is 0 Å². The number of aryl methyl sites for hydroxylation is 1. The molecular formula is C13H24N4O. The zero-order chi connectivity index (χ0) is 12.8. The summed E-state index contributed by atoms with van der Waals surface area (Å²) in [5.74, 6) is 1.68. The third-order valence-electron chi connectivity index (χ3n) is 3.67. The van der Waals surface area contributed by atoms with E-state index in [0.717, 1.165) is 38.4 Å². The van der Waals surface area contributed by atoms with Crippen molar-refractivity contribution in [2.75, 3.05) is 20.3 Å². The maximum atomic E-state index is 5.58. The summed E-state index contributed by atoms with van der Waals surface area (Å²) in [5.41, 5.74) is 0. The highest BCUT2D eigenvalue weighted by molar-refractivity contribution is 4.92. The Balaban J connectivity index is 1.98. The number of hydrogen-bond acceptors (Lipinski definition) is 4. The van der Waals surface area contributed by atoms with Gasteiger partial charge in [0, 0.05) is 25.6 Å². The largest absolute Gasteiger partial charge is 0.381 e. The topological polar surface area (TPSA) is 52.0 Å². The van der Waals surface area contributed by atoms with Crippen molar-refractivity contribution in [3.05, 3.63) is 12.2 Å². The van der Waals surface area contributed by atoms with Gasteiger partial charge in [-0.05, 0) is 32.2 Å². The van der Waals surface area contributed by atoms with Crippen molar-refractivity contribution in [1.82, 2.24) is 20.1 Å². The van der Waals surface area contributed by atoms with Crippen LogP contribution in [0.1, 0.15) is 32.0 Å². The monoisotopic (exact) mass is 252 g/mol. The Morgan fingerprint density at radius 1 is 1.61 bits per heavy atom. The second-order valence-electron chi connectivity index (χ2n) is 4.98. The van der Waals surface area contributed by atoms with Crippen LogP contribution in [0.5, 0.6) is 0 Å². The average Bonchev–Trinajstić information content (AvgIpc) is 2.85. The van der Waals surface area contributed by atoms with Gasteiger partial charge in [0.15, 0.2) is 0 Å². The van der Waals surface area contributed by atoms with Crippen molar-refractivity contribution < 1.29 is 4.74 Å². The first-order valence-electron chi connectivity index (χ1n) is 6.96. The molecule has 2 heterocycles. The van der Waals surface area contributed by atoms with Crippen LogP contribution in [0.25, 0.3) is 0 Å². The fourth-order valence-electron chi connectivity index (χ4n) is 2.63. The number of hydrogen-bond donors (Lipinski definition) is 1. The highest BCUT2D eigenvalue weighted by atomic mass is 16.5. The lowest BCUT2D eigenvalue weighted by Gasteiger charge is -2.29. The number of nitrogens with one attached hydrogen (secondary N) is 1. The molecule has 1 N–H and O–H groups in total. The maximum absolute atomic E-state index is 5.58. The van der Waals surface area contributed by atoms with E-state index in [1.54, 1.807) is 6.33 Å². The lowest BCUT2D eigenvalue weighted by Crippen LogP contribution is -2.40. The molecule has 0 bridgehead atoms. The lowest BCUT2D eigenvalue weighted by atomic mass is 9.91. The molecule has 2 rings (SSSR count). The molecular weight excluding hydrogens is 228 g/mol. The van der Waals surface area contributed by atoms with Crippen LogP contribution in [0, 0.1) is 5.92 Å². The third kappa shape index (κ3) is 3.29. The summed E-state index contributed by atoms with van der Waals surface area (Å²) in [6, 6.07) is 0.435. The minimum Gasteiger partial charge on any atom is -0.381 e. The van der Waals surface area contributed by atoms with Gasteiger partial charge in [-0.25, -0.2) is 4.98 Å². The average molecular weight is 252 g/mol. The van der Waals surface area contributed by atoms with Crippen molar-refractivity contribution in [2.45, 2.75) is 45.2 Å². The highest BCUT2D eigenvalue weighted by Crippen LogP contribution is 2.19. The molecule has 5 nitrogen and oxygen atoms in total. The summed E-state index contributed by atoms with van der Waals surface area (Å²) in [4.78, 5) is 4.39. The predicted octanol–water partition coefficient (Wildman–Crippen LogP) is 1.25. The first-order valence-corrected chi connectivity index (χ1v) is 6.96. The first-order chi connectivity index (χ1) is 8.85. The zero-order valence-corrected chi connectivity index (χ0v) is 11.4. The Kier molecular flexibility index (Phi) is 5.13. The minimum atomic E-state index is 0.435. The molecule has 2 atom stereocenters. The van der Waals surface area contributed by atoms with Crippen molar-refractivity contribution in [2.24, 2.45) is 5.92 Å². The van der Waals surface area contributed by atoms with E-state index in [2.05, 4.69) is 22.3 Å². The molecule has 0 saturated carbocycles. The lowest BCUT2D eigenvalue weighted by molar-refractivity contribution is 0.0400. The first kappa shape index (κ1) is 13.5. The van der Waals surface area contributed by atoms with Gasteiger partial charge in [-0.3, -0.25) is 4.68 Å². The van der Waals surface area contributed by atoms with Crippen molar-refractivity contribution in [3.8, 4) is 0 Å². The van der Waals surface area contributed by atoms with Crippen LogP contribution in [-0.4, -0.2) is 41.1 Å². The maximum Gasteiger partial charge on any atom is 0.138 e. The van der Waals surface area contributed by atoms with Gasteiger partial charge in [0.25, 0.3) is 0 Å². The molecule has 2 unspecified atom stereocenters. The van der Waals surface area contributed by atoms with E-state index in [1.165, 1.54) is 12.8 Å². The Morgan fingerprint density at radius 3 is 3.17 bits per heavy atom. The van der Waals surface area contributed by atoms with Gasteiger partial charge < -0.3 is 10.1 Å². The standard InChI is InChI=1S/C13H24N4O/c1-3-6-17-13(15-10-16-17)8-12(14-2)11-5-4-7-18-9-11/h10-12,14H,3-9H2,1-2H3. The molecule has 102 valence electrons. The van der Waals surface area contributed by atoms with Gasteiger partial charge in [-0.1, -0.05) is 6.92 Å². The molecule has 5 heteroatoms. The fourth-order valence-corrected chi connectivity index (χ4v) is 2.63. The molecule has 0 radical (unpaired) electrons. The van der Waals surface area contributed by atoms with Crippen molar-refractivity contribution in [1.29, 1.82) is 0 Å². The van der Waals surface area contributed by atoms with Crippen LogP contribution in [0.2, 0.25) is 0 Å². The molecule has 1 aliphatic rings. The Labute approximate surface area is 109 Å². The SMILES string of the molecule is CCCn1ncnc1CC(NC)C1CCCOC1. The van der Waals surface area contributed by atoms with E-state index in [9.17, 15) is 0 Å². The molecule has 0 amide bonds. The van der Waals surface area contributed by atoms with Gasteiger partial charge in [0.2, 0.25) is 0 Å². The molecule has 1 aliphatic heterocycles. The van der Waals surface area contributed by atoms with E-state index in [1.807, 2.05) is 11.7 Å². The number of likely N-dealkylation sites (N-methyl/N-ethyl adjacent to an activating group) is 1. The smallest absolute Gasteiger partial charge is 0.138 e. The van der Waals surface area contributed by atoms with E-state index < -0.39 is 0 Å². The molecule has 0 aliphatic carbocycles. The Bertz CT molecular complexity index is 347. The Morgan fingerprint density at radius 2 is 2.50 bits per heavy atom. The summed E-state index contributed by atoms with van der Waals surface area (Å²) >= 11 is 0. The minimum absolute atomic E-state index is 0.435. The van der Waals surface area contributed by atoms with Crippen LogP contribution >= 0.6 is 0 Å². The van der Waals surface area contributed by atoms with E-state index >= 15 is 0 Å². The molecule has 0 spiro atoms. The van der Waals surface area contributed by atoms with Gasteiger partial charge >= 0.3 is 0 Å². The fraction of sp³-hybridized carbons (Fsp3) is 0.846. The van der Waals surface area contributed by atoms with Crippen LogP contribution in [0.15, 0.2) is 6.33 Å². The van der Waals surface area contributed by atoms with Crippen LogP contribution < -0.4 is 5.32 Å². The number of rotatable bonds is 6. The second-order valence-corrected chi connectivity index (χ2v) is 4.98. The van der Waals surface area contributed by atoms with E-state index in [-0.39, 0.29) is 0 Å². The molecule has 18 heavy (non-hydrogen) atoms. The summed E-state index contributed by atoms with van der Waals surface area (Å²) < 4.78 is 7.60. The molecule has 1 aromatic heterocycles. The van der Waals surface area contributed by atoms with E-state index in [0.29, 0.717) is 12.0 Å². The predicted molar refractivity (Wildman–Crippen MR) is 70.4 cm³/mol. The number of ether oxygens (including phenoxy) is 1. The molecule has 1 fully saturated rings. The van der Waals surface area contributed by atoms with Gasteiger partial charge in [0.05, 0.1) is 6.61 Å². The summed E-state index contributed by atoms with van der Waals surface area (Å²) in [7, 11) is 2.03. The van der Waals surface area contributed by atoms with Crippen molar-refractivity contribution in [3.63, 3.8) is 0 Å². The summed E-state index contributed by atoms with van der Waals surface area (Å²) in [6.45, 7) is 4.90. The zero-order valence-electron chi connectivity index (χ0n) is 11.4. The molecule has 1 aromatic rings. The number of nitrogens with zero attached hydrogens (tertiary/aromatic N) is 3. The van der Waals surface area contributed by atoms with Gasteiger partial charge in [-0.2, -0.15) is 5.10 Å². The van der Waals surface area contributed by atoms with Gasteiger partial charge in [-0.15, -0.1) is 0 Å². The molecule has 1 saturated heterocycles. The third-order valence-corrected chi connectivity index (χ3v) is 3.67. The Hall–Kier alpha value is -0.940. The highest BCUT2D eigenvalue weighted by Gasteiger charge is 2.24. The van der Waals surface area contributed by atoms with Crippen LogP contribution in [-0.2, 0) is 17.7 Å². The summed E-state index contributed by atoms with van der Waals surface area (Å²) in [6.07, 6.45) is 6.10. The number of aromatic nitrogens is 3. The summed E-state index contributed by atoms with van der Waals surface area (Å²) in [5, 5.41) is 7.70. The van der Waals surface area contributed by atoms with E-state index in [4.69, 9.17) is 4.74 Å².